The van der Waals surface area contributed by atoms with Crippen molar-refractivity contribution in [1.29, 1.82) is 0 Å². The summed E-state index contributed by atoms with van der Waals surface area (Å²) in [6.45, 7) is 2.47. The average Bonchev–Trinajstić information content (AvgIpc) is 3.31. The van der Waals surface area contributed by atoms with Gasteiger partial charge in [-0.2, -0.15) is 10.1 Å². The van der Waals surface area contributed by atoms with E-state index in [-0.39, 0.29) is 20.8 Å². The third kappa shape index (κ3) is 4.88. The van der Waals surface area contributed by atoms with E-state index in [1.54, 1.807) is 6.07 Å². The molecule has 0 aliphatic rings. The van der Waals surface area contributed by atoms with Crippen molar-refractivity contribution in [3.63, 3.8) is 0 Å². The topological polar surface area (TPSA) is 54.8 Å². The SMILES string of the molecule is CCOc1ccc(/C=N/N(C(=O)c2cc(Cl)sc2Cl)c2nc3ccc(F)cc3s2)cc1. The number of thiophene rings is 1. The molecule has 0 saturated heterocycles. The molecule has 0 atom stereocenters. The van der Waals surface area contributed by atoms with Gasteiger partial charge in [0.15, 0.2) is 0 Å². The van der Waals surface area contributed by atoms with Crippen molar-refractivity contribution in [2.24, 2.45) is 5.10 Å². The maximum absolute atomic E-state index is 13.6. The third-order valence-electron chi connectivity index (χ3n) is 4.11. The summed E-state index contributed by atoms with van der Waals surface area (Å²) in [6.07, 6.45) is 1.53. The Hall–Kier alpha value is -2.52. The highest BCUT2D eigenvalue weighted by molar-refractivity contribution is 7.22. The molecule has 4 rings (SSSR count). The van der Waals surface area contributed by atoms with Crippen LogP contribution in [0.1, 0.15) is 22.8 Å². The van der Waals surface area contributed by atoms with Gasteiger partial charge in [-0.25, -0.2) is 9.37 Å². The van der Waals surface area contributed by atoms with E-state index in [1.165, 1.54) is 24.4 Å². The molecule has 5 nitrogen and oxygen atoms in total. The van der Waals surface area contributed by atoms with E-state index in [4.69, 9.17) is 27.9 Å². The molecule has 0 unspecified atom stereocenters. The van der Waals surface area contributed by atoms with E-state index in [1.807, 2.05) is 31.2 Å². The van der Waals surface area contributed by atoms with Gasteiger partial charge in [0.05, 0.1) is 32.9 Å². The molecule has 2 heterocycles. The van der Waals surface area contributed by atoms with E-state index in [9.17, 15) is 9.18 Å². The molecule has 0 fully saturated rings. The first-order valence-corrected chi connectivity index (χ1v) is 11.5. The number of amides is 1. The number of nitrogens with zero attached hydrogens (tertiary/aromatic N) is 3. The van der Waals surface area contributed by atoms with Gasteiger partial charge in [0.2, 0.25) is 5.13 Å². The standard InChI is InChI=1S/C21H14Cl2FN3O2S2/c1-2-29-14-6-3-12(4-7-14)11-25-27(20(28)15-10-18(22)31-19(15)23)21-26-16-8-5-13(24)9-17(16)30-21/h3-11H,2H2,1H3/b25-11+. The van der Waals surface area contributed by atoms with Gasteiger partial charge in [-0.15, -0.1) is 11.3 Å². The minimum atomic E-state index is -0.491. The Kier molecular flexibility index (Phi) is 6.52. The molecule has 0 aliphatic heterocycles. The Morgan fingerprint density at radius 3 is 2.65 bits per heavy atom. The van der Waals surface area contributed by atoms with Gasteiger partial charge in [0.1, 0.15) is 15.9 Å². The van der Waals surface area contributed by atoms with Gasteiger partial charge in [-0.3, -0.25) is 4.79 Å². The Morgan fingerprint density at radius 2 is 1.97 bits per heavy atom. The fraction of sp³-hybridized carbons (Fsp3) is 0.0952. The minimum Gasteiger partial charge on any atom is -0.494 e. The normalized spacial score (nSPS) is 11.4. The molecule has 2 aromatic carbocycles. The van der Waals surface area contributed by atoms with Crippen LogP contribution in [0.15, 0.2) is 53.6 Å². The van der Waals surface area contributed by atoms with Gasteiger partial charge in [0, 0.05) is 0 Å². The number of rotatable bonds is 6. The molecule has 0 N–H and O–H groups in total. The second-order valence-electron chi connectivity index (χ2n) is 6.21. The Morgan fingerprint density at radius 1 is 1.19 bits per heavy atom. The highest BCUT2D eigenvalue weighted by atomic mass is 35.5. The lowest BCUT2D eigenvalue weighted by Gasteiger charge is -2.13. The summed E-state index contributed by atoms with van der Waals surface area (Å²) in [7, 11) is 0. The number of hydrogen-bond acceptors (Lipinski definition) is 6. The number of anilines is 1. The largest absolute Gasteiger partial charge is 0.494 e. The van der Waals surface area contributed by atoms with Crippen LogP contribution in [0.4, 0.5) is 9.52 Å². The number of hydrazone groups is 1. The van der Waals surface area contributed by atoms with Gasteiger partial charge in [0.25, 0.3) is 5.91 Å². The minimum absolute atomic E-state index is 0.214. The average molecular weight is 494 g/mol. The number of aromatic nitrogens is 1. The quantitative estimate of drug-likeness (QED) is 0.217. The maximum Gasteiger partial charge on any atom is 0.283 e. The van der Waals surface area contributed by atoms with Crippen molar-refractivity contribution in [2.75, 3.05) is 11.6 Å². The predicted molar refractivity (Wildman–Crippen MR) is 126 cm³/mol. The zero-order chi connectivity index (χ0) is 22.0. The fourth-order valence-corrected chi connectivity index (χ4v) is 5.10. The molecule has 10 heteroatoms. The Balaban J connectivity index is 1.72. The zero-order valence-corrected chi connectivity index (χ0v) is 19.2. The first-order valence-electron chi connectivity index (χ1n) is 9.07. The number of benzene rings is 2. The summed E-state index contributed by atoms with van der Waals surface area (Å²) < 4.78 is 20.3. The highest BCUT2D eigenvalue weighted by Gasteiger charge is 2.25. The molecule has 0 spiro atoms. The number of hydrogen-bond donors (Lipinski definition) is 0. The monoisotopic (exact) mass is 493 g/mol. The van der Waals surface area contributed by atoms with Gasteiger partial charge in [-0.05, 0) is 61.0 Å². The number of carbonyl (C=O) groups excluding carboxylic acids is 1. The lowest BCUT2D eigenvalue weighted by atomic mass is 10.2. The van der Waals surface area contributed by atoms with E-state index in [2.05, 4.69) is 10.1 Å². The summed E-state index contributed by atoms with van der Waals surface area (Å²) in [5, 5.41) is 5.78. The lowest BCUT2D eigenvalue weighted by Crippen LogP contribution is -2.25. The first kappa shape index (κ1) is 21.7. The number of carbonyl (C=O) groups is 1. The van der Waals surface area contributed by atoms with Crippen molar-refractivity contribution in [3.05, 3.63) is 74.1 Å². The van der Waals surface area contributed by atoms with Crippen LogP contribution in [0.25, 0.3) is 10.2 Å². The van der Waals surface area contributed by atoms with Crippen LogP contribution in [0, 0.1) is 5.82 Å². The van der Waals surface area contributed by atoms with Gasteiger partial charge in [-0.1, -0.05) is 34.5 Å². The molecule has 4 aromatic rings. The fourth-order valence-electron chi connectivity index (χ4n) is 2.71. The van der Waals surface area contributed by atoms with E-state index >= 15 is 0 Å². The number of fused-ring (bicyclic) bond motifs is 1. The van der Waals surface area contributed by atoms with Crippen LogP contribution in [0.5, 0.6) is 5.75 Å². The summed E-state index contributed by atoms with van der Waals surface area (Å²) in [5.74, 6) is -0.138. The maximum atomic E-state index is 13.6. The molecule has 2 aromatic heterocycles. The Labute approximate surface area is 195 Å². The van der Waals surface area contributed by atoms with Gasteiger partial charge < -0.3 is 4.74 Å². The summed E-state index contributed by atoms with van der Waals surface area (Å²) in [4.78, 5) is 17.7. The summed E-state index contributed by atoms with van der Waals surface area (Å²) >= 11 is 14.4. The number of thiazole rings is 1. The predicted octanol–water partition coefficient (Wildman–Crippen LogP) is 6.88. The number of ether oxygens (including phenoxy) is 1. The van der Waals surface area contributed by atoms with Gasteiger partial charge >= 0.3 is 0 Å². The van der Waals surface area contributed by atoms with Crippen LogP contribution in [-0.2, 0) is 0 Å². The van der Waals surface area contributed by atoms with E-state index < -0.39 is 5.91 Å². The molecular weight excluding hydrogens is 480 g/mol. The zero-order valence-electron chi connectivity index (χ0n) is 16.0. The molecule has 31 heavy (non-hydrogen) atoms. The molecule has 1 amide bonds. The van der Waals surface area contributed by atoms with Crippen molar-refractivity contribution in [3.8, 4) is 5.75 Å². The molecular formula is C21H14Cl2FN3O2S2. The second-order valence-corrected chi connectivity index (χ2v) is 9.50. The van der Waals surface area contributed by atoms with Crippen molar-refractivity contribution in [1.82, 2.24) is 4.98 Å². The van der Waals surface area contributed by atoms with Crippen LogP contribution >= 0.6 is 45.9 Å². The molecule has 0 radical (unpaired) electrons. The van der Waals surface area contributed by atoms with Crippen molar-refractivity contribution >= 4 is 73.3 Å². The molecule has 0 aliphatic carbocycles. The summed E-state index contributed by atoms with van der Waals surface area (Å²) in [6, 6.07) is 13.0. The van der Waals surface area contributed by atoms with Crippen LogP contribution < -0.4 is 9.75 Å². The van der Waals surface area contributed by atoms with Crippen molar-refractivity contribution in [2.45, 2.75) is 6.92 Å². The van der Waals surface area contributed by atoms with Crippen LogP contribution in [-0.4, -0.2) is 23.7 Å². The number of halogens is 3. The molecule has 158 valence electrons. The first-order chi connectivity index (χ1) is 14.9. The van der Waals surface area contributed by atoms with Crippen LogP contribution in [0.3, 0.4) is 0 Å². The molecule has 0 bridgehead atoms. The van der Waals surface area contributed by atoms with Crippen LogP contribution in [0.2, 0.25) is 8.67 Å². The third-order valence-corrected chi connectivity index (χ3v) is 6.59. The smallest absolute Gasteiger partial charge is 0.283 e. The van der Waals surface area contributed by atoms with E-state index in [0.717, 1.165) is 39.0 Å². The highest BCUT2D eigenvalue weighted by Crippen LogP contribution is 2.35. The molecule has 0 saturated carbocycles. The second kappa shape index (κ2) is 9.32. The van der Waals surface area contributed by atoms with Crippen molar-refractivity contribution < 1.29 is 13.9 Å². The van der Waals surface area contributed by atoms with E-state index in [0.29, 0.717) is 21.2 Å². The Bertz CT molecular complexity index is 1270. The summed E-state index contributed by atoms with van der Waals surface area (Å²) in [5.41, 5.74) is 1.53. The lowest BCUT2D eigenvalue weighted by molar-refractivity contribution is 0.0988.